The number of halogens is 2. The summed E-state index contributed by atoms with van der Waals surface area (Å²) in [7, 11) is 0. The van der Waals surface area contributed by atoms with Crippen LogP contribution in [-0.2, 0) is 9.53 Å². The van der Waals surface area contributed by atoms with Crippen molar-refractivity contribution in [3.05, 3.63) is 33.8 Å². The zero-order chi connectivity index (χ0) is 13.5. The first-order valence-electron chi connectivity index (χ1n) is 5.68. The van der Waals surface area contributed by atoms with Crippen LogP contribution in [0.5, 0.6) is 0 Å². The SMILES string of the molecule is CCCOC(=O)CCC(=O)c1ccc(Cl)cc1Cl. The first kappa shape index (κ1) is 15.0. The van der Waals surface area contributed by atoms with Gasteiger partial charge in [-0.2, -0.15) is 0 Å². The third-order valence-electron chi connectivity index (χ3n) is 2.25. The van der Waals surface area contributed by atoms with Gasteiger partial charge in [0, 0.05) is 17.0 Å². The van der Waals surface area contributed by atoms with Crippen molar-refractivity contribution in [1.29, 1.82) is 0 Å². The van der Waals surface area contributed by atoms with Gasteiger partial charge in [0.25, 0.3) is 0 Å². The van der Waals surface area contributed by atoms with Gasteiger partial charge in [0.1, 0.15) is 0 Å². The molecular weight excluding hydrogens is 275 g/mol. The molecule has 0 bridgehead atoms. The molecule has 0 aliphatic carbocycles. The largest absolute Gasteiger partial charge is 0.466 e. The molecule has 0 N–H and O–H groups in total. The second-order valence-corrected chi connectivity index (χ2v) is 4.61. The molecular formula is C13H14Cl2O3. The molecule has 1 rings (SSSR count). The average Bonchev–Trinajstić information content (AvgIpc) is 2.33. The predicted octanol–water partition coefficient (Wildman–Crippen LogP) is 3.91. The minimum absolute atomic E-state index is 0.0673. The minimum atomic E-state index is -0.365. The van der Waals surface area contributed by atoms with Crippen molar-refractivity contribution >= 4 is 35.0 Å². The van der Waals surface area contributed by atoms with E-state index in [1.165, 1.54) is 6.07 Å². The number of hydrogen-bond acceptors (Lipinski definition) is 3. The number of carbonyl (C=O) groups excluding carboxylic acids is 2. The Morgan fingerprint density at radius 3 is 2.56 bits per heavy atom. The second kappa shape index (κ2) is 7.39. The van der Waals surface area contributed by atoms with Gasteiger partial charge in [-0.3, -0.25) is 9.59 Å². The Morgan fingerprint density at radius 2 is 1.94 bits per heavy atom. The van der Waals surface area contributed by atoms with Crippen molar-refractivity contribution in [3.8, 4) is 0 Å². The molecule has 0 aromatic heterocycles. The maximum Gasteiger partial charge on any atom is 0.306 e. The number of hydrogen-bond donors (Lipinski definition) is 0. The van der Waals surface area contributed by atoms with Crippen molar-refractivity contribution in [1.82, 2.24) is 0 Å². The Bertz CT molecular complexity index is 444. The highest BCUT2D eigenvalue weighted by Gasteiger charge is 2.13. The molecule has 0 spiro atoms. The summed E-state index contributed by atoms with van der Waals surface area (Å²) in [6, 6.07) is 4.66. The highest BCUT2D eigenvalue weighted by molar-refractivity contribution is 6.36. The highest BCUT2D eigenvalue weighted by Crippen LogP contribution is 2.22. The van der Waals surface area contributed by atoms with Gasteiger partial charge in [-0.25, -0.2) is 0 Å². The van der Waals surface area contributed by atoms with Crippen molar-refractivity contribution in [2.45, 2.75) is 26.2 Å². The average molecular weight is 289 g/mol. The van der Waals surface area contributed by atoms with E-state index in [1.54, 1.807) is 12.1 Å². The second-order valence-electron chi connectivity index (χ2n) is 3.77. The monoisotopic (exact) mass is 288 g/mol. The van der Waals surface area contributed by atoms with Crippen LogP contribution >= 0.6 is 23.2 Å². The van der Waals surface area contributed by atoms with Crippen LogP contribution in [0.4, 0.5) is 0 Å². The molecule has 0 unspecified atom stereocenters. The maximum atomic E-state index is 11.8. The van der Waals surface area contributed by atoms with E-state index in [0.717, 1.165) is 6.42 Å². The van der Waals surface area contributed by atoms with Crippen molar-refractivity contribution < 1.29 is 14.3 Å². The number of carbonyl (C=O) groups is 2. The molecule has 0 saturated heterocycles. The summed E-state index contributed by atoms with van der Waals surface area (Å²) in [6.07, 6.45) is 0.921. The van der Waals surface area contributed by atoms with Gasteiger partial charge in [0.15, 0.2) is 5.78 Å². The van der Waals surface area contributed by atoms with Crippen molar-refractivity contribution in [2.75, 3.05) is 6.61 Å². The van der Waals surface area contributed by atoms with Gasteiger partial charge < -0.3 is 4.74 Å². The Morgan fingerprint density at radius 1 is 1.22 bits per heavy atom. The first-order chi connectivity index (χ1) is 8.54. The first-order valence-corrected chi connectivity index (χ1v) is 6.44. The zero-order valence-corrected chi connectivity index (χ0v) is 11.6. The zero-order valence-electron chi connectivity index (χ0n) is 10.0. The fourth-order valence-electron chi connectivity index (χ4n) is 1.35. The summed E-state index contributed by atoms with van der Waals surface area (Å²) >= 11 is 11.6. The number of Topliss-reactive ketones (excluding diaryl/α,β-unsaturated/α-hetero) is 1. The molecule has 0 aliphatic rings. The fraction of sp³-hybridized carbons (Fsp3) is 0.385. The molecule has 0 amide bonds. The van der Waals surface area contributed by atoms with Crippen LogP contribution < -0.4 is 0 Å². The molecule has 1 aromatic carbocycles. The molecule has 0 saturated carbocycles. The molecule has 0 heterocycles. The van der Waals surface area contributed by atoms with Gasteiger partial charge in [-0.05, 0) is 24.6 Å². The lowest BCUT2D eigenvalue weighted by Gasteiger charge is -2.04. The van der Waals surface area contributed by atoms with Gasteiger partial charge in [-0.1, -0.05) is 30.1 Å². The van der Waals surface area contributed by atoms with E-state index < -0.39 is 0 Å². The number of ketones is 1. The van der Waals surface area contributed by atoms with Gasteiger partial charge in [-0.15, -0.1) is 0 Å². The third kappa shape index (κ3) is 4.67. The number of esters is 1. The van der Waals surface area contributed by atoms with E-state index >= 15 is 0 Å². The summed E-state index contributed by atoms with van der Waals surface area (Å²) in [6.45, 7) is 2.29. The van der Waals surface area contributed by atoms with Gasteiger partial charge >= 0.3 is 5.97 Å². The Hall–Kier alpha value is -1.06. The Labute approximate surface area is 116 Å². The minimum Gasteiger partial charge on any atom is -0.466 e. The van der Waals surface area contributed by atoms with Crippen LogP contribution in [0.1, 0.15) is 36.5 Å². The number of rotatable bonds is 6. The van der Waals surface area contributed by atoms with Gasteiger partial charge in [0.05, 0.1) is 18.1 Å². The van der Waals surface area contributed by atoms with E-state index in [4.69, 9.17) is 27.9 Å². The van der Waals surface area contributed by atoms with Gasteiger partial charge in [0.2, 0.25) is 0 Å². The molecule has 0 atom stereocenters. The quantitative estimate of drug-likeness (QED) is 0.589. The van der Waals surface area contributed by atoms with E-state index in [0.29, 0.717) is 22.2 Å². The summed E-state index contributed by atoms with van der Waals surface area (Å²) in [5.41, 5.74) is 0.379. The summed E-state index contributed by atoms with van der Waals surface area (Å²) in [5.74, 6) is -0.555. The Balaban J connectivity index is 2.53. The van der Waals surface area contributed by atoms with E-state index in [9.17, 15) is 9.59 Å². The molecule has 0 aliphatic heterocycles. The van der Waals surface area contributed by atoms with Crippen LogP contribution in [0.15, 0.2) is 18.2 Å². The highest BCUT2D eigenvalue weighted by atomic mass is 35.5. The Kier molecular flexibility index (Phi) is 6.16. The van der Waals surface area contributed by atoms with Crippen LogP contribution in [-0.4, -0.2) is 18.4 Å². The lowest BCUT2D eigenvalue weighted by molar-refractivity contribution is -0.143. The number of benzene rings is 1. The van der Waals surface area contributed by atoms with Crippen LogP contribution in [0.2, 0.25) is 10.0 Å². The molecule has 5 heteroatoms. The molecule has 3 nitrogen and oxygen atoms in total. The summed E-state index contributed by atoms with van der Waals surface area (Å²) in [4.78, 5) is 23.1. The van der Waals surface area contributed by atoms with E-state index in [-0.39, 0.29) is 24.6 Å². The molecule has 0 fully saturated rings. The lowest BCUT2D eigenvalue weighted by atomic mass is 10.1. The predicted molar refractivity (Wildman–Crippen MR) is 71.3 cm³/mol. The van der Waals surface area contributed by atoms with Crippen molar-refractivity contribution in [3.63, 3.8) is 0 Å². The number of ether oxygens (including phenoxy) is 1. The topological polar surface area (TPSA) is 43.4 Å². The lowest BCUT2D eigenvalue weighted by Crippen LogP contribution is -2.09. The van der Waals surface area contributed by atoms with Crippen LogP contribution in [0.25, 0.3) is 0 Å². The molecule has 98 valence electrons. The smallest absolute Gasteiger partial charge is 0.306 e. The molecule has 1 aromatic rings. The molecule has 18 heavy (non-hydrogen) atoms. The van der Waals surface area contributed by atoms with Crippen LogP contribution in [0.3, 0.4) is 0 Å². The van der Waals surface area contributed by atoms with E-state index in [1.807, 2.05) is 6.92 Å². The third-order valence-corrected chi connectivity index (χ3v) is 2.80. The maximum absolute atomic E-state index is 11.8. The summed E-state index contributed by atoms with van der Waals surface area (Å²) in [5, 5.41) is 0.772. The van der Waals surface area contributed by atoms with Crippen LogP contribution in [0, 0.1) is 0 Å². The normalized spacial score (nSPS) is 10.2. The molecule has 0 radical (unpaired) electrons. The van der Waals surface area contributed by atoms with E-state index in [2.05, 4.69) is 0 Å². The summed E-state index contributed by atoms with van der Waals surface area (Å²) < 4.78 is 4.88. The van der Waals surface area contributed by atoms with Crippen molar-refractivity contribution in [2.24, 2.45) is 0 Å². The standard InChI is InChI=1S/C13H14Cl2O3/c1-2-7-18-13(17)6-5-12(16)10-4-3-9(14)8-11(10)15/h3-4,8H,2,5-7H2,1H3. The fourth-order valence-corrected chi connectivity index (χ4v) is 1.87.